The number of aromatic hydroxyl groups is 1. The minimum absolute atomic E-state index is 0.207. The molecule has 174 valence electrons. The topological polar surface area (TPSA) is 107 Å². The van der Waals surface area contributed by atoms with Gasteiger partial charge in [0.2, 0.25) is 11.8 Å². The zero-order valence-corrected chi connectivity index (χ0v) is 18.5. The van der Waals surface area contributed by atoms with Crippen molar-refractivity contribution >= 4 is 17.9 Å². The van der Waals surface area contributed by atoms with E-state index in [1.807, 2.05) is 6.92 Å². The smallest absolute Gasteiger partial charge is 0.233 e. The van der Waals surface area contributed by atoms with Gasteiger partial charge in [0, 0.05) is 20.1 Å². The van der Waals surface area contributed by atoms with Gasteiger partial charge < -0.3 is 20.1 Å². The quantitative estimate of drug-likeness (QED) is 0.417. The van der Waals surface area contributed by atoms with Gasteiger partial charge in [-0.1, -0.05) is 17.7 Å². The van der Waals surface area contributed by atoms with Crippen molar-refractivity contribution in [3.8, 4) is 5.75 Å². The summed E-state index contributed by atoms with van der Waals surface area (Å²) in [4.78, 5) is 26.3. The Labute approximate surface area is 186 Å². The van der Waals surface area contributed by atoms with E-state index >= 15 is 0 Å². The van der Waals surface area contributed by atoms with Crippen LogP contribution in [0.3, 0.4) is 0 Å². The van der Waals surface area contributed by atoms with Crippen LogP contribution >= 0.6 is 0 Å². The second-order valence-electron chi connectivity index (χ2n) is 8.61. The molecule has 0 spiro atoms. The average Bonchev–Trinajstić information content (AvgIpc) is 2.97. The van der Waals surface area contributed by atoms with Crippen molar-refractivity contribution in [2.24, 2.45) is 17.8 Å². The van der Waals surface area contributed by atoms with E-state index in [4.69, 9.17) is 4.74 Å². The third-order valence-electron chi connectivity index (χ3n) is 6.48. The largest absolute Gasteiger partial charge is 0.505 e. The summed E-state index contributed by atoms with van der Waals surface area (Å²) in [6.07, 6.45) is 1.99. The maximum atomic E-state index is 13.6. The second kappa shape index (κ2) is 9.94. The number of likely N-dealkylation sites (tertiary alicyclic amines) is 1. The van der Waals surface area contributed by atoms with Crippen LogP contribution in [0.25, 0.3) is 6.08 Å². The fourth-order valence-electron chi connectivity index (χ4n) is 4.91. The van der Waals surface area contributed by atoms with Crippen LogP contribution in [0.4, 0.5) is 4.39 Å². The summed E-state index contributed by atoms with van der Waals surface area (Å²) in [5.41, 5.74) is 2.82. The molecule has 1 fully saturated rings. The lowest BCUT2D eigenvalue weighted by atomic mass is 9.68. The molecule has 3 rings (SSSR count). The Kier molecular flexibility index (Phi) is 7.48. The van der Waals surface area contributed by atoms with Gasteiger partial charge in [0.1, 0.15) is 0 Å². The third kappa shape index (κ3) is 4.62. The molecule has 1 aromatic carbocycles. The molecule has 3 N–H and O–H groups in total. The van der Waals surface area contributed by atoms with Gasteiger partial charge in [-0.05, 0) is 55.0 Å². The van der Waals surface area contributed by atoms with Crippen molar-refractivity contribution in [2.45, 2.75) is 32.3 Å². The molecular formula is C24H30FNO6. The zero-order valence-electron chi connectivity index (χ0n) is 18.5. The minimum Gasteiger partial charge on any atom is -0.505 e. The molecule has 1 aliphatic carbocycles. The predicted octanol–water partition coefficient (Wildman–Crippen LogP) is 2.26. The van der Waals surface area contributed by atoms with E-state index in [1.54, 1.807) is 12.1 Å². The number of phenolic OH excluding ortho intramolecular Hbond substituents is 1. The summed E-state index contributed by atoms with van der Waals surface area (Å²) in [5, 5.41) is 30.5. The Morgan fingerprint density at radius 3 is 2.69 bits per heavy atom. The number of allylic oxidation sites excluding steroid dienone is 1. The van der Waals surface area contributed by atoms with E-state index in [1.165, 1.54) is 26.3 Å². The molecule has 0 saturated carbocycles. The maximum Gasteiger partial charge on any atom is 0.233 e. The highest BCUT2D eigenvalue weighted by molar-refractivity contribution is 6.05. The fourth-order valence-corrected chi connectivity index (χ4v) is 4.91. The SMILES string of the molecule is COCC1=C([C@H](O)CC/C(C)=C/c2ccc(O)c(F)c2)[C@H](CO)[C@@H]2C(=O)N(C)C(=O)[C@@H]2C1. The van der Waals surface area contributed by atoms with Gasteiger partial charge in [-0.3, -0.25) is 14.5 Å². The number of aliphatic hydroxyl groups excluding tert-OH is 2. The number of aliphatic hydroxyl groups is 2. The first-order valence-corrected chi connectivity index (χ1v) is 10.7. The minimum atomic E-state index is -0.924. The molecule has 0 unspecified atom stereocenters. The van der Waals surface area contributed by atoms with Gasteiger partial charge in [0.25, 0.3) is 0 Å². The van der Waals surface area contributed by atoms with E-state index in [-0.39, 0.29) is 25.0 Å². The molecule has 0 radical (unpaired) electrons. The molecule has 2 aliphatic rings. The van der Waals surface area contributed by atoms with Crippen molar-refractivity contribution in [1.82, 2.24) is 4.90 Å². The van der Waals surface area contributed by atoms with Crippen LogP contribution in [0.1, 0.15) is 31.7 Å². The highest BCUT2D eigenvalue weighted by Crippen LogP contribution is 2.45. The molecule has 1 heterocycles. The number of carbonyl (C=O) groups excluding carboxylic acids is 2. The maximum absolute atomic E-state index is 13.6. The molecule has 1 saturated heterocycles. The van der Waals surface area contributed by atoms with Gasteiger partial charge in [-0.25, -0.2) is 4.39 Å². The number of methoxy groups -OCH3 is 1. The number of hydrogen-bond acceptors (Lipinski definition) is 6. The summed E-state index contributed by atoms with van der Waals surface area (Å²) in [6, 6.07) is 4.11. The molecule has 32 heavy (non-hydrogen) atoms. The number of rotatable bonds is 8. The number of fused-ring (bicyclic) bond motifs is 1. The summed E-state index contributed by atoms with van der Waals surface area (Å²) < 4.78 is 18.9. The third-order valence-corrected chi connectivity index (χ3v) is 6.48. The van der Waals surface area contributed by atoms with Crippen molar-refractivity contribution in [3.05, 3.63) is 46.3 Å². The first kappa shape index (κ1) is 24.1. The number of amides is 2. The van der Waals surface area contributed by atoms with Crippen LogP contribution in [-0.4, -0.2) is 65.5 Å². The Bertz CT molecular complexity index is 956. The van der Waals surface area contributed by atoms with Crippen molar-refractivity contribution in [1.29, 1.82) is 0 Å². The Balaban J connectivity index is 1.81. The average molecular weight is 448 g/mol. The number of nitrogens with zero attached hydrogens (tertiary/aromatic N) is 1. The highest BCUT2D eigenvalue weighted by Gasteiger charge is 2.53. The summed E-state index contributed by atoms with van der Waals surface area (Å²) in [5.74, 6) is -3.58. The number of imide groups is 1. The van der Waals surface area contributed by atoms with Crippen molar-refractivity contribution in [3.63, 3.8) is 0 Å². The summed E-state index contributed by atoms with van der Waals surface area (Å²) in [6.45, 7) is 1.71. The first-order valence-electron chi connectivity index (χ1n) is 10.7. The van der Waals surface area contributed by atoms with Crippen LogP contribution < -0.4 is 0 Å². The van der Waals surface area contributed by atoms with Gasteiger partial charge in [-0.15, -0.1) is 0 Å². The van der Waals surface area contributed by atoms with Crippen LogP contribution in [0.2, 0.25) is 0 Å². The Morgan fingerprint density at radius 1 is 1.34 bits per heavy atom. The highest BCUT2D eigenvalue weighted by atomic mass is 19.1. The van der Waals surface area contributed by atoms with Crippen LogP contribution in [-0.2, 0) is 14.3 Å². The van der Waals surface area contributed by atoms with Gasteiger partial charge in [-0.2, -0.15) is 0 Å². The molecular weight excluding hydrogens is 417 g/mol. The first-order chi connectivity index (χ1) is 15.2. The van der Waals surface area contributed by atoms with E-state index in [0.717, 1.165) is 16.0 Å². The lowest BCUT2D eigenvalue weighted by Gasteiger charge is -2.36. The number of hydrogen-bond donors (Lipinski definition) is 3. The summed E-state index contributed by atoms with van der Waals surface area (Å²) >= 11 is 0. The molecule has 0 bridgehead atoms. The molecule has 8 heteroatoms. The molecule has 1 aromatic rings. The van der Waals surface area contributed by atoms with Crippen LogP contribution in [0.15, 0.2) is 34.9 Å². The molecule has 4 atom stereocenters. The standard InChI is InChI=1S/C24H30FNO6/c1-13(8-14-5-7-19(28)18(25)9-14)4-6-20(29)21-15(12-32-3)10-16-22(17(21)11-27)24(31)26(2)23(16)30/h5,7-9,16-17,20,22,27-29H,4,6,10-12H2,1-3H3/b13-8+/t16-,17+,20-,22-/m1/s1. The van der Waals surface area contributed by atoms with Gasteiger partial charge in [0.05, 0.1) is 31.2 Å². The Morgan fingerprint density at radius 2 is 2.06 bits per heavy atom. The van der Waals surface area contributed by atoms with E-state index in [2.05, 4.69) is 0 Å². The van der Waals surface area contributed by atoms with Crippen LogP contribution in [0, 0.1) is 23.6 Å². The van der Waals surface area contributed by atoms with Gasteiger partial charge in [0.15, 0.2) is 11.6 Å². The monoisotopic (exact) mass is 447 g/mol. The predicted molar refractivity (Wildman–Crippen MR) is 116 cm³/mol. The second-order valence-corrected chi connectivity index (χ2v) is 8.61. The molecule has 7 nitrogen and oxygen atoms in total. The lowest BCUT2D eigenvalue weighted by molar-refractivity contribution is -0.138. The number of phenols is 1. The van der Waals surface area contributed by atoms with E-state index < -0.39 is 35.4 Å². The van der Waals surface area contributed by atoms with Crippen molar-refractivity contribution < 1.29 is 34.0 Å². The Hall–Kier alpha value is -2.55. The van der Waals surface area contributed by atoms with Crippen molar-refractivity contribution in [2.75, 3.05) is 27.4 Å². The van der Waals surface area contributed by atoms with Gasteiger partial charge >= 0.3 is 0 Å². The van der Waals surface area contributed by atoms with E-state index in [9.17, 15) is 29.3 Å². The molecule has 2 amide bonds. The lowest BCUT2D eigenvalue weighted by Crippen LogP contribution is -2.39. The molecule has 1 aliphatic heterocycles. The number of halogens is 1. The van der Waals surface area contributed by atoms with Crippen LogP contribution in [0.5, 0.6) is 5.75 Å². The molecule has 0 aromatic heterocycles. The fraction of sp³-hybridized carbons (Fsp3) is 0.500. The number of benzene rings is 1. The number of carbonyl (C=O) groups is 2. The zero-order chi connectivity index (χ0) is 23.6. The number of ether oxygens (including phenoxy) is 1. The summed E-state index contributed by atoms with van der Waals surface area (Å²) in [7, 11) is 2.97. The van der Waals surface area contributed by atoms with E-state index in [0.29, 0.717) is 30.4 Å². The normalized spacial score (nSPS) is 24.9.